The summed E-state index contributed by atoms with van der Waals surface area (Å²) in [5.41, 5.74) is 4.82. The summed E-state index contributed by atoms with van der Waals surface area (Å²) in [6.45, 7) is 0.794. The zero-order valence-corrected chi connectivity index (χ0v) is 29.5. The number of carbonyl (C=O) groups is 3. The Labute approximate surface area is 295 Å². The molecule has 0 saturated heterocycles. The van der Waals surface area contributed by atoms with Crippen molar-refractivity contribution in [2.45, 2.75) is 44.3 Å². The van der Waals surface area contributed by atoms with E-state index in [0.717, 1.165) is 23.1 Å². The highest BCUT2D eigenvalue weighted by molar-refractivity contribution is 14.1. The molecule has 0 fully saturated rings. The lowest BCUT2D eigenvalue weighted by atomic mass is 9.94. The first-order valence-electron chi connectivity index (χ1n) is 15.7. The second kappa shape index (κ2) is 13.6. The maximum absolute atomic E-state index is 13.6. The van der Waals surface area contributed by atoms with E-state index in [0.29, 0.717) is 47.8 Å². The van der Waals surface area contributed by atoms with Gasteiger partial charge < -0.3 is 29.9 Å². The third kappa shape index (κ3) is 6.63. The molecule has 246 valence electrons. The molecule has 10 nitrogen and oxygen atoms in total. The maximum atomic E-state index is 13.6. The Bertz CT molecular complexity index is 1990. The molecule has 48 heavy (non-hydrogen) atoms. The number of aliphatic imine (C=N–C) groups is 1. The highest BCUT2D eigenvalue weighted by Crippen LogP contribution is 2.38. The lowest BCUT2D eigenvalue weighted by Gasteiger charge is -2.34. The number of hydrogen-bond acceptors (Lipinski definition) is 8. The summed E-state index contributed by atoms with van der Waals surface area (Å²) in [6.07, 6.45) is 5.46. The molecule has 2 N–H and O–H groups in total. The average Bonchev–Trinajstić information content (AvgIpc) is 3.61. The first kappa shape index (κ1) is 32.1. The number of likely N-dealkylation sites (N-methyl/N-ethyl adjacent to an activating group) is 1. The molecule has 3 amide bonds. The predicted octanol–water partition coefficient (Wildman–Crippen LogP) is 6.26. The summed E-state index contributed by atoms with van der Waals surface area (Å²) in [6, 6.07) is 19.1. The van der Waals surface area contributed by atoms with E-state index in [-0.39, 0.29) is 36.8 Å². The lowest BCUT2D eigenvalue weighted by Crippen LogP contribution is -2.44. The number of nitrogens with one attached hydrogen (secondary N) is 2. The third-order valence-electron chi connectivity index (χ3n) is 8.87. The molecule has 0 aliphatic carbocycles. The van der Waals surface area contributed by atoms with Crippen LogP contribution in [0, 0.1) is 2.88 Å². The number of rotatable bonds is 9. The highest BCUT2D eigenvalue weighted by atomic mass is 127. The Morgan fingerprint density at radius 1 is 1.04 bits per heavy atom. The van der Waals surface area contributed by atoms with Gasteiger partial charge in [0.2, 0.25) is 11.8 Å². The van der Waals surface area contributed by atoms with Gasteiger partial charge in [0, 0.05) is 61.0 Å². The van der Waals surface area contributed by atoms with Crippen LogP contribution in [-0.2, 0) is 22.6 Å². The van der Waals surface area contributed by atoms with Crippen molar-refractivity contribution in [1.82, 2.24) is 15.1 Å². The summed E-state index contributed by atoms with van der Waals surface area (Å²) >= 11 is 4.01. The lowest BCUT2D eigenvalue weighted by molar-refractivity contribution is -0.121. The summed E-state index contributed by atoms with van der Waals surface area (Å²) in [5.74, 6) is 0.526. The molecule has 0 spiro atoms. The summed E-state index contributed by atoms with van der Waals surface area (Å²) in [5, 5.41) is 7.07. The van der Waals surface area contributed by atoms with Gasteiger partial charge in [0.05, 0.1) is 33.9 Å². The quantitative estimate of drug-likeness (QED) is 0.154. The van der Waals surface area contributed by atoms with Crippen molar-refractivity contribution in [3.8, 4) is 11.5 Å². The van der Waals surface area contributed by atoms with Gasteiger partial charge in [0.1, 0.15) is 6.04 Å². The standard InChI is InChI=1S/C36H34IN5O5S/c1-41-20-25(15-29(41)35(44)40-24-9-10-32-23(12-24)14-33(37)48-32)39-34(43)8-5-11-47-31-17-28-27(16-30(31)46-2)36(45)42-19-22-7-4-3-6-21(22)13-26(42)18-38-28/h3-4,6-7,9-10,12,14,16-18,20,26,29H,5,8,11,13,15,19H2,1-2H3,(H,39,43)(H,40,44)/t26-,29?/m0/s1. The number of halogens is 1. The van der Waals surface area contributed by atoms with Gasteiger partial charge in [-0.05, 0) is 82.3 Å². The Balaban J connectivity index is 0.911. The number of thiophene rings is 1. The number of anilines is 1. The van der Waals surface area contributed by atoms with Crippen LogP contribution in [0.4, 0.5) is 11.4 Å². The third-order valence-corrected chi connectivity index (χ3v) is 10.8. The molecular formula is C36H34IN5O5S. The monoisotopic (exact) mass is 775 g/mol. The van der Waals surface area contributed by atoms with Crippen molar-refractivity contribution in [2.75, 3.05) is 26.1 Å². The maximum Gasteiger partial charge on any atom is 0.257 e. The van der Waals surface area contributed by atoms with Crippen LogP contribution in [0.25, 0.3) is 10.1 Å². The molecule has 3 aromatic carbocycles. The van der Waals surface area contributed by atoms with Gasteiger partial charge in [0.25, 0.3) is 5.91 Å². The van der Waals surface area contributed by atoms with Gasteiger partial charge >= 0.3 is 0 Å². The van der Waals surface area contributed by atoms with Gasteiger partial charge in [0.15, 0.2) is 11.5 Å². The highest BCUT2D eigenvalue weighted by Gasteiger charge is 2.33. The van der Waals surface area contributed by atoms with Gasteiger partial charge in [-0.25, -0.2) is 0 Å². The van der Waals surface area contributed by atoms with Crippen molar-refractivity contribution in [3.63, 3.8) is 0 Å². The van der Waals surface area contributed by atoms with Crippen LogP contribution in [0.3, 0.4) is 0 Å². The van der Waals surface area contributed by atoms with Gasteiger partial charge in [-0.1, -0.05) is 24.3 Å². The van der Waals surface area contributed by atoms with E-state index < -0.39 is 6.04 Å². The molecule has 4 heterocycles. The van der Waals surface area contributed by atoms with Crippen LogP contribution in [0.15, 0.2) is 77.6 Å². The first-order chi connectivity index (χ1) is 23.2. The van der Waals surface area contributed by atoms with Crippen molar-refractivity contribution >= 4 is 79.3 Å². The zero-order chi connectivity index (χ0) is 33.4. The number of nitrogens with zero attached hydrogens (tertiary/aromatic N) is 3. The van der Waals surface area contributed by atoms with Crippen molar-refractivity contribution in [1.29, 1.82) is 0 Å². The molecular weight excluding hydrogens is 741 g/mol. The number of hydrogen-bond donors (Lipinski definition) is 2. The molecule has 3 aliphatic heterocycles. The smallest absolute Gasteiger partial charge is 0.257 e. The van der Waals surface area contributed by atoms with Crippen molar-refractivity contribution < 1.29 is 23.9 Å². The van der Waals surface area contributed by atoms with E-state index >= 15 is 0 Å². The summed E-state index contributed by atoms with van der Waals surface area (Å²) in [7, 11) is 3.37. The number of methoxy groups -OCH3 is 1. The van der Waals surface area contributed by atoms with Crippen LogP contribution >= 0.6 is 33.9 Å². The largest absolute Gasteiger partial charge is 0.493 e. The van der Waals surface area contributed by atoms with Crippen LogP contribution in [-0.4, -0.2) is 66.6 Å². The van der Waals surface area contributed by atoms with Crippen LogP contribution in [0.2, 0.25) is 0 Å². The van der Waals surface area contributed by atoms with E-state index in [1.165, 1.54) is 20.3 Å². The SMILES string of the molecule is COc1cc2c(cc1OCCCC(=O)NC1=CN(C)C(C(=O)Nc3ccc4sc(I)cc4c3)C1)N=C[C@@H]1Cc3ccccc3CN1C2=O. The van der Waals surface area contributed by atoms with Gasteiger partial charge in [-0.3, -0.25) is 19.4 Å². The van der Waals surface area contributed by atoms with E-state index in [9.17, 15) is 14.4 Å². The molecule has 0 radical (unpaired) electrons. The van der Waals surface area contributed by atoms with Crippen LogP contribution in [0.5, 0.6) is 11.5 Å². The fourth-order valence-corrected chi connectivity index (χ4v) is 8.21. The first-order valence-corrected chi connectivity index (χ1v) is 17.6. The molecule has 12 heteroatoms. The molecule has 1 unspecified atom stereocenters. The molecule has 0 saturated carbocycles. The number of ether oxygens (including phenoxy) is 2. The second-order valence-electron chi connectivity index (χ2n) is 12.1. The predicted molar refractivity (Wildman–Crippen MR) is 195 cm³/mol. The minimum absolute atomic E-state index is 0.0928. The Morgan fingerprint density at radius 2 is 1.88 bits per heavy atom. The second-order valence-corrected chi connectivity index (χ2v) is 15.1. The van der Waals surface area contributed by atoms with E-state index in [2.05, 4.69) is 56.4 Å². The molecule has 1 aromatic heterocycles. The topological polar surface area (TPSA) is 113 Å². The normalized spacial score (nSPS) is 18.1. The Hall–Kier alpha value is -4.43. The van der Waals surface area contributed by atoms with E-state index in [1.54, 1.807) is 29.7 Å². The molecule has 3 aliphatic rings. The summed E-state index contributed by atoms with van der Waals surface area (Å²) in [4.78, 5) is 47.8. The fourth-order valence-electron chi connectivity index (χ4n) is 6.40. The van der Waals surface area contributed by atoms with Crippen molar-refractivity contribution in [2.24, 2.45) is 4.99 Å². The minimum Gasteiger partial charge on any atom is -0.493 e. The van der Waals surface area contributed by atoms with E-state index in [1.807, 2.05) is 53.4 Å². The number of amides is 3. The minimum atomic E-state index is -0.423. The number of benzene rings is 3. The summed E-state index contributed by atoms with van der Waals surface area (Å²) < 4.78 is 14.0. The molecule has 0 bridgehead atoms. The fraction of sp³-hybridized carbons (Fsp3) is 0.278. The number of fused-ring (bicyclic) bond motifs is 4. The van der Waals surface area contributed by atoms with Gasteiger partial charge in [-0.15, -0.1) is 11.3 Å². The Morgan fingerprint density at radius 3 is 2.71 bits per heavy atom. The molecule has 4 aromatic rings. The molecule has 7 rings (SSSR count). The average molecular weight is 776 g/mol. The number of carbonyl (C=O) groups excluding carboxylic acids is 3. The van der Waals surface area contributed by atoms with Crippen molar-refractivity contribution in [3.05, 3.63) is 92.1 Å². The van der Waals surface area contributed by atoms with E-state index in [4.69, 9.17) is 9.47 Å². The zero-order valence-electron chi connectivity index (χ0n) is 26.5. The van der Waals surface area contributed by atoms with Crippen LogP contribution < -0.4 is 20.1 Å². The van der Waals surface area contributed by atoms with Gasteiger partial charge in [-0.2, -0.15) is 0 Å². The Kier molecular flexibility index (Phi) is 9.10. The molecule has 2 atom stereocenters. The van der Waals surface area contributed by atoms with Crippen LogP contribution in [0.1, 0.15) is 40.7 Å².